The van der Waals surface area contributed by atoms with Gasteiger partial charge in [0.15, 0.2) is 5.78 Å². The molecule has 1 aromatic heterocycles. The van der Waals surface area contributed by atoms with Crippen LogP contribution in [0, 0.1) is 0 Å². The summed E-state index contributed by atoms with van der Waals surface area (Å²) in [4.78, 5) is 11.2. The molecule has 1 rings (SSSR count). The Kier molecular flexibility index (Phi) is 3.07. The van der Waals surface area contributed by atoms with Crippen LogP contribution in [0.25, 0.3) is 5.57 Å². The summed E-state index contributed by atoms with van der Waals surface area (Å²) in [6.07, 6.45) is 4.05. The number of hydrogen-bond acceptors (Lipinski definition) is 2. The summed E-state index contributed by atoms with van der Waals surface area (Å²) in [7, 11) is 0. The van der Waals surface area contributed by atoms with Crippen LogP contribution in [0.1, 0.15) is 32.8 Å². The van der Waals surface area contributed by atoms with Crippen LogP contribution in [0.3, 0.4) is 0 Å². The van der Waals surface area contributed by atoms with Crippen LogP contribution in [0.15, 0.2) is 28.6 Å². The van der Waals surface area contributed by atoms with Crippen LogP contribution in [-0.2, 0) is 4.79 Å². The molecule has 70 valence electrons. The monoisotopic (exact) mass is 178 g/mol. The van der Waals surface area contributed by atoms with Crippen molar-refractivity contribution in [3.8, 4) is 0 Å². The average Bonchev–Trinajstić information content (AvgIpc) is 2.56. The standard InChI is InChI=1S/C11H14O2/c1-4-11(9(3)12)8(2)10-5-6-13-7-10/h5-7H,4H2,1-3H3. The van der Waals surface area contributed by atoms with Gasteiger partial charge < -0.3 is 4.42 Å². The van der Waals surface area contributed by atoms with E-state index in [1.807, 2.05) is 19.9 Å². The number of hydrogen-bond donors (Lipinski definition) is 0. The molecule has 0 saturated carbocycles. The minimum Gasteiger partial charge on any atom is -0.472 e. The molecule has 0 aliphatic rings. The van der Waals surface area contributed by atoms with Gasteiger partial charge in [-0.05, 0) is 37.5 Å². The smallest absolute Gasteiger partial charge is 0.156 e. The lowest BCUT2D eigenvalue weighted by Crippen LogP contribution is -1.97. The summed E-state index contributed by atoms with van der Waals surface area (Å²) in [5.74, 6) is 0.140. The van der Waals surface area contributed by atoms with E-state index < -0.39 is 0 Å². The van der Waals surface area contributed by atoms with Gasteiger partial charge in [0.05, 0.1) is 12.5 Å². The first kappa shape index (κ1) is 9.78. The molecule has 0 N–H and O–H groups in total. The number of furan rings is 1. The molecule has 0 amide bonds. The number of allylic oxidation sites excluding steroid dienone is 2. The molecule has 2 nitrogen and oxygen atoms in total. The lowest BCUT2D eigenvalue weighted by atomic mass is 9.99. The fraction of sp³-hybridized carbons (Fsp3) is 0.364. The van der Waals surface area contributed by atoms with Crippen molar-refractivity contribution < 1.29 is 9.21 Å². The first-order valence-corrected chi connectivity index (χ1v) is 4.40. The van der Waals surface area contributed by atoms with E-state index in [9.17, 15) is 4.79 Å². The molecule has 0 unspecified atom stereocenters. The maximum atomic E-state index is 11.2. The Bertz CT molecular complexity index is 318. The van der Waals surface area contributed by atoms with Crippen molar-refractivity contribution in [2.75, 3.05) is 0 Å². The number of ketones is 1. The number of Topliss-reactive ketones (excluding diaryl/α,β-unsaturated/α-hetero) is 1. The highest BCUT2D eigenvalue weighted by Gasteiger charge is 2.07. The molecular weight excluding hydrogens is 164 g/mol. The van der Waals surface area contributed by atoms with Crippen molar-refractivity contribution in [3.63, 3.8) is 0 Å². The summed E-state index contributed by atoms with van der Waals surface area (Å²) in [6, 6.07) is 1.87. The maximum Gasteiger partial charge on any atom is 0.156 e. The van der Waals surface area contributed by atoms with Crippen LogP contribution >= 0.6 is 0 Å². The molecule has 2 heteroatoms. The topological polar surface area (TPSA) is 30.2 Å². The van der Waals surface area contributed by atoms with Gasteiger partial charge in [0.25, 0.3) is 0 Å². The summed E-state index contributed by atoms with van der Waals surface area (Å²) >= 11 is 0. The highest BCUT2D eigenvalue weighted by Crippen LogP contribution is 2.21. The van der Waals surface area contributed by atoms with Gasteiger partial charge in [0.2, 0.25) is 0 Å². The van der Waals surface area contributed by atoms with Crippen LogP contribution in [0.5, 0.6) is 0 Å². The molecule has 0 aromatic carbocycles. The van der Waals surface area contributed by atoms with Crippen molar-refractivity contribution in [1.82, 2.24) is 0 Å². The molecule has 0 atom stereocenters. The first-order chi connectivity index (χ1) is 6.16. The molecule has 0 fully saturated rings. The lowest BCUT2D eigenvalue weighted by molar-refractivity contribution is -0.113. The van der Waals surface area contributed by atoms with E-state index in [0.717, 1.165) is 23.1 Å². The predicted octanol–water partition coefficient (Wildman–Crippen LogP) is 3.05. The van der Waals surface area contributed by atoms with Gasteiger partial charge in [-0.2, -0.15) is 0 Å². The van der Waals surface area contributed by atoms with Crippen molar-refractivity contribution in [2.45, 2.75) is 27.2 Å². The zero-order valence-corrected chi connectivity index (χ0v) is 8.26. The molecule has 0 radical (unpaired) electrons. The Morgan fingerprint density at radius 2 is 2.15 bits per heavy atom. The summed E-state index contributed by atoms with van der Waals surface area (Å²) in [5.41, 5.74) is 2.89. The molecule has 0 aliphatic carbocycles. The normalized spacial score (nSPS) is 12.5. The maximum absolute atomic E-state index is 11.2. The molecule has 1 aromatic rings. The molecule has 1 heterocycles. The summed E-state index contributed by atoms with van der Waals surface area (Å²) < 4.78 is 4.96. The van der Waals surface area contributed by atoms with Crippen molar-refractivity contribution in [2.24, 2.45) is 0 Å². The Balaban J connectivity index is 3.09. The first-order valence-electron chi connectivity index (χ1n) is 4.40. The zero-order chi connectivity index (χ0) is 9.84. The molecule has 0 bridgehead atoms. The average molecular weight is 178 g/mol. The van der Waals surface area contributed by atoms with Crippen molar-refractivity contribution in [1.29, 1.82) is 0 Å². The van der Waals surface area contributed by atoms with Gasteiger partial charge in [-0.15, -0.1) is 0 Å². The van der Waals surface area contributed by atoms with Gasteiger partial charge >= 0.3 is 0 Å². The van der Waals surface area contributed by atoms with E-state index in [1.165, 1.54) is 0 Å². The quantitative estimate of drug-likeness (QED) is 0.666. The van der Waals surface area contributed by atoms with Crippen LogP contribution < -0.4 is 0 Å². The van der Waals surface area contributed by atoms with Crippen molar-refractivity contribution >= 4 is 11.4 Å². The third kappa shape index (κ3) is 2.08. The highest BCUT2D eigenvalue weighted by molar-refractivity contribution is 6.00. The molecule has 0 aliphatic heterocycles. The minimum absolute atomic E-state index is 0.140. The third-order valence-corrected chi connectivity index (χ3v) is 2.19. The Morgan fingerprint density at radius 3 is 2.54 bits per heavy atom. The van der Waals surface area contributed by atoms with Crippen LogP contribution in [0.4, 0.5) is 0 Å². The second kappa shape index (κ2) is 4.08. The molecular formula is C11H14O2. The molecule has 0 spiro atoms. The fourth-order valence-corrected chi connectivity index (χ4v) is 1.43. The van der Waals surface area contributed by atoms with Crippen LogP contribution in [0.2, 0.25) is 0 Å². The summed E-state index contributed by atoms with van der Waals surface area (Å²) in [5, 5.41) is 0. The zero-order valence-electron chi connectivity index (χ0n) is 8.26. The van der Waals surface area contributed by atoms with E-state index in [0.29, 0.717) is 0 Å². The Hall–Kier alpha value is -1.31. The van der Waals surface area contributed by atoms with E-state index in [4.69, 9.17) is 4.42 Å². The fourth-order valence-electron chi connectivity index (χ4n) is 1.43. The van der Waals surface area contributed by atoms with Gasteiger partial charge in [-0.1, -0.05) is 6.92 Å². The van der Waals surface area contributed by atoms with Gasteiger partial charge in [-0.25, -0.2) is 0 Å². The van der Waals surface area contributed by atoms with Crippen molar-refractivity contribution in [3.05, 3.63) is 29.7 Å². The van der Waals surface area contributed by atoms with Gasteiger partial charge in [-0.3, -0.25) is 4.79 Å². The van der Waals surface area contributed by atoms with E-state index >= 15 is 0 Å². The molecule has 13 heavy (non-hydrogen) atoms. The van der Waals surface area contributed by atoms with E-state index in [-0.39, 0.29) is 5.78 Å². The van der Waals surface area contributed by atoms with Gasteiger partial charge in [0, 0.05) is 5.56 Å². The van der Waals surface area contributed by atoms with Gasteiger partial charge in [0.1, 0.15) is 0 Å². The number of rotatable bonds is 3. The highest BCUT2D eigenvalue weighted by atomic mass is 16.3. The third-order valence-electron chi connectivity index (χ3n) is 2.19. The second-order valence-corrected chi connectivity index (χ2v) is 3.03. The SMILES string of the molecule is CCC(C(C)=O)=C(C)c1ccoc1. The van der Waals surface area contributed by atoms with E-state index in [2.05, 4.69) is 0 Å². The molecule has 0 saturated heterocycles. The minimum atomic E-state index is 0.140. The Morgan fingerprint density at radius 1 is 1.46 bits per heavy atom. The largest absolute Gasteiger partial charge is 0.472 e. The number of carbonyl (C=O) groups excluding carboxylic acids is 1. The van der Waals surface area contributed by atoms with E-state index in [1.54, 1.807) is 19.5 Å². The number of carbonyl (C=O) groups is 1. The lowest BCUT2D eigenvalue weighted by Gasteiger charge is -2.04. The Labute approximate surface area is 78.3 Å². The summed E-state index contributed by atoms with van der Waals surface area (Å²) in [6.45, 7) is 5.54. The second-order valence-electron chi connectivity index (χ2n) is 3.03. The van der Waals surface area contributed by atoms with Crippen LogP contribution in [-0.4, -0.2) is 5.78 Å². The predicted molar refractivity (Wildman–Crippen MR) is 52.3 cm³/mol.